The van der Waals surface area contributed by atoms with Gasteiger partial charge in [-0.1, -0.05) is 36.8 Å². The van der Waals surface area contributed by atoms with Crippen molar-refractivity contribution in [3.8, 4) is 17.4 Å². The Balaban J connectivity index is 1.47. The quantitative estimate of drug-likeness (QED) is 0.467. The Bertz CT molecular complexity index is 1190. The van der Waals surface area contributed by atoms with E-state index in [1.165, 1.54) is 0 Å². The van der Waals surface area contributed by atoms with Crippen LogP contribution < -0.4 is 14.4 Å². The Morgan fingerprint density at radius 2 is 1.80 bits per heavy atom. The zero-order valence-electron chi connectivity index (χ0n) is 20.8. The molecule has 184 valence electrons. The molecule has 1 fully saturated rings. The van der Waals surface area contributed by atoms with Crippen molar-refractivity contribution >= 4 is 5.95 Å². The highest BCUT2D eigenvalue weighted by atomic mass is 19.1. The van der Waals surface area contributed by atoms with Crippen LogP contribution in [0.1, 0.15) is 42.1 Å². The van der Waals surface area contributed by atoms with Crippen molar-refractivity contribution in [3.05, 3.63) is 70.7 Å². The van der Waals surface area contributed by atoms with Crippen LogP contribution in [0.25, 0.3) is 0 Å². The van der Waals surface area contributed by atoms with E-state index in [-0.39, 0.29) is 5.82 Å². The van der Waals surface area contributed by atoms with Gasteiger partial charge < -0.3 is 14.4 Å². The van der Waals surface area contributed by atoms with Crippen LogP contribution in [0.15, 0.2) is 42.5 Å². The van der Waals surface area contributed by atoms with E-state index in [9.17, 15) is 4.39 Å². The van der Waals surface area contributed by atoms with Crippen LogP contribution in [0.2, 0.25) is 0 Å². The molecule has 1 aromatic heterocycles. The molecule has 5 rings (SSSR count). The fraction of sp³-hybridized carbons (Fsp3) is 0.429. The van der Waals surface area contributed by atoms with Crippen molar-refractivity contribution in [2.24, 2.45) is 5.92 Å². The monoisotopic (exact) mass is 476 g/mol. The van der Waals surface area contributed by atoms with Crippen LogP contribution in [0.5, 0.6) is 17.4 Å². The van der Waals surface area contributed by atoms with E-state index in [2.05, 4.69) is 16.7 Å². The minimum atomic E-state index is -0.169. The average Bonchev–Trinajstić information content (AvgIpc) is 2.87. The maximum Gasteiger partial charge on any atom is 0.229 e. The van der Waals surface area contributed by atoms with Crippen molar-refractivity contribution in [2.45, 2.75) is 46.2 Å². The summed E-state index contributed by atoms with van der Waals surface area (Å²) in [5, 5.41) is 0. The number of aryl methyl sites for hydroxylation is 1. The molecule has 2 aliphatic heterocycles. The van der Waals surface area contributed by atoms with Crippen LogP contribution in [0.3, 0.4) is 0 Å². The number of nitrogens with zero attached hydrogens (tertiary/aromatic N) is 4. The minimum absolute atomic E-state index is 0.169. The summed E-state index contributed by atoms with van der Waals surface area (Å²) in [6, 6.07) is 12.9. The number of benzene rings is 2. The van der Waals surface area contributed by atoms with Crippen LogP contribution in [0, 0.1) is 18.7 Å². The summed E-state index contributed by atoms with van der Waals surface area (Å²) in [5.74, 6) is 3.13. The zero-order chi connectivity index (χ0) is 24.4. The van der Waals surface area contributed by atoms with Crippen molar-refractivity contribution in [3.63, 3.8) is 0 Å². The van der Waals surface area contributed by atoms with Gasteiger partial charge >= 0.3 is 0 Å². The van der Waals surface area contributed by atoms with Gasteiger partial charge in [0.2, 0.25) is 11.8 Å². The predicted molar refractivity (Wildman–Crippen MR) is 135 cm³/mol. The smallest absolute Gasteiger partial charge is 0.229 e. The van der Waals surface area contributed by atoms with E-state index in [0.717, 1.165) is 67.6 Å². The molecule has 1 saturated heterocycles. The molecule has 2 aromatic carbocycles. The second kappa shape index (κ2) is 10.2. The standard InChI is InChI=1S/C28H33FN4O2/c1-19-10-14-33(15-11-19)28-30-24-12-13-32(17-21-16-20(2)8-9-23(21)29)18-22(24)27(31-28)35-26-7-5-4-6-25(26)34-3/h4-9,16,19H,10-15,17-18H2,1-3H3. The van der Waals surface area contributed by atoms with Crippen LogP contribution in [0.4, 0.5) is 10.3 Å². The summed E-state index contributed by atoms with van der Waals surface area (Å²) in [6.45, 7) is 8.14. The van der Waals surface area contributed by atoms with Gasteiger partial charge in [0.1, 0.15) is 5.82 Å². The highest BCUT2D eigenvalue weighted by Gasteiger charge is 2.27. The maximum absolute atomic E-state index is 14.5. The van der Waals surface area contributed by atoms with Crippen LogP contribution in [-0.4, -0.2) is 41.6 Å². The molecule has 7 heteroatoms. The number of aromatic nitrogens is 2. The van der Waals surface area contributed by atoms with Crippen LogP contribution >= 0.6 is 0 Å². The van der Waals surface area contributed by atoms with Crippen molar-refractivity contribution in [2.75, 3.05) is 31.6 Å². The van der Waals surface area contributed by atoms with E-state index in [1.54, 1.807) is 19.2 Å². The van der Waals surface area contributed by atoms with Crippen LogP contribution in [-0.2, 0) is 19.5 Å². The third kappa shape index (κ3) is 5.25. The predicted octanol–water partition coefficient (Wildman–Crippen LogP) is 5.52. The zero-order valence-corrected chi connectivity index (χ0v) is 20.8. The Labute approximate surface area is 206 Å². The lowest BCUT2D eigenvalue weighted by Crippen LogP contribution is -2.36. The Hall–Kier alpha value is -3.19. The number of fused-ring (bicyclic) bond motifs is 1. The Morgan fingerprint density at radius 3 is 2.57 bits per heavy atom. The van der Waals surface area contributed by atoms with Gasteiger partial charge in [0.25, 0.3) is 0 Å². The highest BCUT2D eigenvalue weighted by Crippen LogP contribution is 2.36. The summed E-state index contributed by atoms with van der Waals surface area (Å²) in [5.41, 5.74) is 3.74. The van der Waals surface area contributed by atoms with E-state index in [4.69, 9.17) is 19.4 Å². The lowest BCUT2D eigenvalue weighted by Gasteiger charge is -2.33. The molecule has 0 radical (unpaired) electrons. The number of anilines is 1. The summed E-state index contributed by atoms with van der Waals surface area (Å²) in [4.78, 5) is 14.4. The SMILES string of the molecule is COc1ccccc1Oc1nc(N2CCC(C)CC2)nc2c1CN(Cc1cc(C)ccc1F)CC2. The molecular formula is C28H33FN4O2. The van der Waals surface area contributed by atoms with Gasteiger partial charge in [-0.15, -0.1) is 0 Å². The molecule has 0 bridgehead atoms. The number of methoxy groups -OCH3 is 1. The Morgan fingerprint density at radius 1 is 1.03 bits per heavy atom. The largest absolute Gasteiger partial charge is 0.493 e. The molecule has 0 saturated carbocycles. The normalized spacial score (nSPS) is 16.7. The average molecular weight is 477 g/mol. The summed E-state index contributed by atoms with van der Waals surface area (Å²) in [7, 11) is 1.64. The van der Waals surface area contributed by atoms with E-state index < -0.39 is 0 Å². The topological polar surface area (TPSA) is 50.7 Å². The summed E-state index contributed by atoms with van der Waals surface area (Å²) >= 11 is 0. The first-order chi connectivity index (χ1) is 17.0. The van der Waals surface area contributed by atoms with Gasteiger partial charge in [-0.2, -0.15) is 4.98 Å². The molecule has 2 aliphatic rings. The maximum atomic E-state index is 14.5. The first kappa shape index (κ1) is 23.5. The van der Waals surface area contributed by atoms with Gasteiger partial charge in [0, 0.05) is 44.7 Å². The Kier molecular flexibility index (Phi) is 6.86. The molecule has 3 heterocycles. The number of hydrogen-bond acceptors (Lipinski definition) is 6. The first-order valence-corrected chi connectivity index (χ1v) is 12.4. The number of piperidine rings is 1. The number of rotatable bonds is 6. The van der Waals surface area contributed by atoms with E-state index >= 15 is 0 Å². The molecule has 0 amide bonds. The molecule has 0 atom stereocenters. The van der Waals surface area contributed by atoms with Crippen molar-refractivity contribution in [1.82, 2.24) is 14.9 Å². The van der Waals surface area contributed by atoms with Gasteiger partial charge in [0.05, 0.1) is 18.4 Å². The molecule has 0 N–H and O–H groups in total. The van der Waals surface area contributed by atoms with Crippen molar-refractivity contribution < 1.29 is 13.9 Å². The summed E-state index contributed by atoms with van der Waals surface area (Å²) < 4.78 is 26.4. The summed E-state index contributed by atoms with van der Waals surface area (Å²) in [6.07, 6.45) is 3.04. The lowest BCUT2D eigenvalue weighted by molar-refractivity contribution is 0.234. The molecule has 35 heavy (non-hydrogen) atoms. The molecule has 0 spiro atoms. The first-order valence-electron chi connectivity index (χ1n) is 12.4. The number of hydrogen-bond donors (Lipinski definition) is 0. The number of para-hydroxylation sites is 2. The molecule has 6 nitrogen and oxygen atoms in total. The fourth-order valence-electron chi connectivity index (χ4n) is 4.87. The van der Waals surface area contributed by atoms with Gasteiger partial charge in [-0.3, -0.25) is 4.90 Å². The molecule has 3 aromatic rings. The van der Waals surface area contributed by atoms with Crippen molar-refractivity contribution in [1.29, 1.82) is 0 Å². The van der Waals surface area contributed by atoms with E-state index in [0.29, 0.717) is 36.0 Å². The fourth-order valence-corrected chi connectivity index (χ4v) is 4.87. The molecular weight excluding hydrogens is 443 g/mol. The third-order valence-electron chi connectivity index (χ3n) is 7.03. The molecule has 0 unspecified atom stereocenters. The second-order valence-corrected chi connectivity index (χ2v) is 9.73. The minimum Gasteiger partial charge on any atom is -0.493 e. The van der Waals surface area contributed by atoms with Gasteiger partial charge in [-0.25, -0.2) is 9.37 Å². The van der Waals surface area contributed by atoms with E-state index in [1.807, 2.05) is 37.3 Å². The van der Waals surface area contributed by atoms with Gasteiger partial charge in [-0.05, 0) is 43.9 Å². The third-order valence-corrected chi connectivity index (χ3v) is 7.03. The second-order valence-electron chi connectivity index (χ2n) is 9.73. The lowest BCUT2D eigenvalue weighted by atomic mass is 9.99. The molecule has 0 aliphatic carbocycles. The van der Waals surface area contributed by atoms with Gasteiger partial charge in [0.15, 0.2) is 11.5 Å². The highest BCUT2D eigenvalue weighted by molar-refractivity contribution is 5.47. The number of ether oxygens (including phenoxy) is 2. The number of halogens is 1.